The molecule has 124 valence electrons. The molecule has 0 aliphatic carbocycles. The Hall–Kier alpha value is -0.320. The molecule has 0 heterocycles. The second-order valence-electron chi connectivity index (χ2n) is 3.75. The van der Waals surface area contributed by atoms with Crippen molar-refractivity contribution in [1.29, 1.82) is 0 Å². The lowest BCUT2D eigenvalue weighted by Gasteiger charge is -2.03. The fraction of sp³-hybridized carbons (Fsp3) is 1.00. The Balaban J connectivity index is 0. The van der Waals surface area contributed by atoms with Crippen molar-refractivity contribution in [2.75, 3.05) is 78.9 Å². The molecule has 8 heteroatoms. The second-order valence-corrected chi connectivity index (χ2v) is 3.75. The van der Waals surface area contributed by atoms with Gasteiger partial charge in [0.1, 0.15) is 0 Å². The SMILES string of the molecule is NCCNCCNCCN.OCCOCCOCCO. The van der Waals surface area contributed by atoms with Crippen molar-refractivity contribution < 1.29 is 19.7 Å². The van der Waals surface area contributed by atoms with Crippen LogP contribution in [0, 0.1) is 0 Å². The standard InChI is InChI=1S/C6H18N4.C6H14O4/c2*7-1-3-9-5-6-10-4-2-8/h9-10H,1-8H2;7-8H,1-6H2. The van der Waals surface area contributed by atoms with Crippen molar-refractivity contribution >= 4 is 0 Å². The van der Waals surface area contributed by atoms with Crippen LogP contribution in [0.1, 0.15) is 0 Å². The molecule has 0 amide bonds. The van der Waals surface area contributed by atoms with Gasteiger partial charge in [-0.1, -0.05) is 0 Å². The molecule has 0 aliphatic rings. The van der Waals surface area contributed by atoms with Crippen LogP contribution in [0.5, 0.6) is 0 Å². The average Bonchev–Trinajstić information content (AvgIpc) is 2.47. The fourth-order valence-electron chi connectivity index (χ4n) is 1.08. The summed E-state index contributed by atoms with van der Waals surface area (Å²) in [5.41, 5.74) is 10.5. The van der Waals surface area contributed by atoms with Crippen LogP contribution in [-0.2, 0) is 9.47 Å². The van der Waals surface area contributed by atoms with Crippen molar-refractivity contribution in [2.24, 2.45) is 11.5 Å². The van der Waals surface area contributed by atoms with Gasteiger partial charge in [-0.05, 0) is 0 Å². The summed E-state index contributed by atoms with van der Waals surface area (Å²) >= 11 is 0. The van der Waals surface area contributed by atoms with Gasteiger partial charge in [0, 0.05) is 39.3 Å². The van der Waals surface area contributed by atoms with E-state index in [0.29, 0.717) is 39.5 Å². The summed E-state index contributed by atoms with van der Waals surface area (Å²) in [6, 6.07) is 0. The Morgan fingerprint density at radius 3 is 1.35 bits per heavy atom. The van der Waals surface area contributed by atoms with Gasteiger partial charge in [-0.15, -0.1) is 0 Å². The zero-order valence-corrected chi connectivity index (χ0v) is 12.4. The molecular formula is C12H32N4O4. The summed E-state index contributed by atoms with van der Waals surface area (Å²) in [5.74, 6) is 0. The molecule has 8 N–H and O–H groups in total. The average molecular weight is 296 g/mol. The first-order valence-corrected chi connectivity index (χ1v) is 7.02. The maximum atomic E-state index is 8.26. The third-order valence-electron chi connectivity index (χ3n) is 1.96. The fourth-order valence-corrected chi connectivity index (χ4v) is 1.08. The zero-order chi connectivity index (χ0) is 15.3. The van der Waals surface area contributed by atoms with Crippen LogP contribution in [0.2, 0.25) is 0 Å². The van der Waals surface area contributed by atoms with E-state index in [1.165, 1.54) is 0 Å². The molecule has 0 fully saturated rings. The highest BCUT2D eigenvalue weighted by molar-refractivity contribution is 4.51. The topological polar surface area (TPSA) is 135 Å². The number of hydrogen-bond donors (Lipinski definition) is 6. The molecule has 0 atom stereocenters. The van der Waals surface area contributed by atoms with E-state index < -0.39 is 0 Å². The number of aliphatic hydroxyl groups excluding tert-OH is 2. The van der Waals surface area contributed by atoms with Gasteiger partial charge in [-0.3, -0.25) is 0 Å². The number of nitrogens with one attached hydrogen (secondary N) is 2. The largest absolute Gasteiger partial charge is 0.394 e. The predicted molar refractivity (Wildman–Crippen MR) is 79.7 cm³/mol. The Morgan fingerprint density at radius 2 is 1.05 bits per heavy atom. The first kappa shape index (κ1) is 22.0. The highest BCUT2D eigenvalue weighted by Crippen LogP contribution is 1.76. The third kappa shape index (κ3) is 26.3. The van der Waals surface area contributed by atoms with Gasteiger partial charge in [-0.2, -0.15) is 0 Å². The summed E-state index contributed by atoms with van der Waals surface area (Å²) in [5, 5.41) is 22.9. The Labute approximate surface area is 121 Å². The normalized spacial score (nSPS) is 10.2. The minimum Gasteiger partial charge on any atom is -0.394 e. The van der Waals surface area contributed by atoms with E-state index in [1.54, 1.807) is 0 Å². The highest BCUT2D eigenvalue weighted by Gasteiger charge is 1.86. The van der Waals surface area contributed by atoms with Crippen molar-refractivity contribution in [3.63, 3.8) is 0 Å². The van der Waals surface area contributed by atoms with Gasteiger partial charge in [0.15, 0.2) is 0 Å². The molecule has 0 aromatic heterocycles. The molecule has 0 unspecified atom stereocenters. The second kappa shape index (κ2) is 23.7. The lowest BCUT2D eigenvalue weighted by atomic mass is 10.5. The molecule has 0 bridgehead atoms. The lowest BCUT2D eigenvalue weighted by Crippen LogP contribution is -2.32. The van der Waals surface area contributed by atoms with E-state index in [9.17, 15) is 0 Å². The van der Waals surface area contributed by atoms with E-state index in [1.807, 2.05) is 0 Å². The first-order chi connectivity index (χ1) is 9.83. The highest BCUT2D eigenvalue weighted by atomic mass is 16.5. The minimum atomic E-state index is 0.0417. The molecule has 20 heavy (non-hydrogen) atoms. The van der Waals surface area contributed by atoms with Crippen LogP contribution >= 0.6 is 0 Å². The molecule has 0 aliphatic heterocycles. The van der Waals surface area contributed by atoms with E-state index in [4.69, 9.17) is 31.2 Å². The van der Waals surface area contributed by atoms with Crippen LogP contribution in [0.25, 0.3) is 0 Å². The molecule has 0 saturated carbocycles. The Morgan fingerprint density at radius 1 is 0.650 bits per heavy atom. The van der Waals surface area contributed by atoms with Crippen LogP contribution < -0.4 is 22.1 Å². The van der Waals surface area contributed by atoms with Crippen molar-refractivity contribution in [2.45, 2.75) is 0 Å². The van der Waals surface area contributed by atoms with Gasteiger partial charge >= 0.3 is 0 Å². The van der Waals surface area contributed by atoms with Crippen molar-refractivity contribution in [3.8, 4) is 0 Å². The monoisotopic (exact) mass is 296 g/mol. The van der Waals surface area contributed by atoms with Gasteiger partial charge in [-0.25, -0.2) is 0 Å². The van der Waals surface area contributed by atoms with E-state index >= 15 is 0 Å². The minimum absolute atomic E-state index is 0.0417. The van der Waals surface area contributed by atoms with Gasteiger partial charge in [0.05, 0.1) is 39.6 Å². The zero-order valence-electron chi connectivity index (χ0n) is 12.4. The molecule has 8 nitrogen and oxygen atoms in total. The van der Waals surface area contributed by atoms with Crippen molar-refractivity contribution in [1.82, 2.24) is 10.6 Å². The van der Waals surface area contributed by atoms with Crippen LogP contribution in [0.4, 0.5) is 0 Å². The maximum Gasteiger partial charge on any atom is 0.0701 e. The predicted octanol–water partition coefficient (Wildman–Crippen LogP) is -2.91. The smallest absolute Gasteiger partial charge is 0.0701 e. The van der Waals surface area contributed by atoms with Crippen LogP contribution in [0.15, 0.2) is 0 Å². The maximum absolute atomic E-state index is 8.26. The number of nitrogens with two attached hydrogens (primary N) is 2. The Bertz CT molecular complexity index is 123. The van der Waals surface area contributed by atoms with E-state index in [2.05, 4.69) is 10.6 Å². The van der Waals surface area contributed by atoms with Gasteiger partial charge in [0.25, 0.3) is 0 Å². The Kier molecular flexibility index (Phi) is 26.1. The number of ether oxygens (including phenoxy) is 2. The lowest BCUT2D eigenvalue weighted by molar-refractivity contribution is 0.0222. The first-order valence-electron chi connectivity index (χ1n) is 7.02. The summed E-state index contributed by atoms with van der Waals surface area (Å²) in [7, 11) is 0. The molecule has 0 radical (unpaired) electrons. The molecule has 0 rings (SSSR count). The summed E-state index contributed by atoms with van der Waals surface area (Å²) < 4.78 is 9.75. The molecule has 0 saturated heterocycles. The summed E-state index contributed by atoms with van der Waals surface area (Å²) in [4.78, 5) is 0. The quantitative estimate of drug-likeness (QED) is 0.188. The summed E-state index contributed by atoms with van der Waals surface area (Å²) in [6.45, 7) is 6.86. The van der Waals surface area contributed by atoms with Gasteiger partial charge in [0.2, 0.25) is 0 Å². The third-order valence-corrected chi connectivity index (χ3v) is 1.96. The van der Waals surface area contributed by atoms with E-state index in [0.717, 1.165) is 26.2 Å². The van der Waals surface area contributed by atoms with Crippen LogP contribution in [-0.4, -0.2) is 89.1 Å². The molecule has 0 aromatic carbocycles. The number of rotatable bonds is 14. The van der Waals surface area contributed by atoms with E-state index in [-0.39, 0.29) is 13.2 Å². The number of hydrogen-bond acceptors (Lipinski definition) is 8. The van der Waals surface area contributed by atoms with Crippen LogP contribution in [0.3, 0.4) is 0 Å². The molecule has 0 spiro atoms. The summed E-state index contributed by atoms with van der Waals surface area (Å²) in [6.07, 6.45) is 0. The molecular weight excluding hydrogens is 264 g/mol. The van der Waals surface area contributed by atoms with Crippen molar-refractivity contribution in [3.05, 3.63) is 0 Å². The number of aliphatic hydroxyl groups is 2. The molecule has 0 aromatic rings. The van der Waals surface area contributed by atoms with Gasteiger partial charge < -0.3 is 41.8 Å².